The minimum Gasteiger partial charge on any atom is -0.369 e. The largest absolute Gasteiger partial charge is 0.369 e. The van der Waals surface area contributed by atoms with E-state index in [1.165, 1.54) is 0 Å². The third-order valence-corrected chi connectivity index (χ3v) is 1.43. The summed E-state index contributed by atoms with van der Waals surface area (Å²) in [5, 5.41) is 6.01. The molecule has 0 aromatic carbocycles. The van der Waals surface area contributed by atoms with Gasteiger partial charge in [-0.15, -0.1) is 24.8 Å². The Balaban J connectivity index is 0. The van der Waals surface area contributed by atoms with Crippen LogP contribution in [0.15, 0.2) is 0 Å². The van der Waals surface area contributed by atoms with Crippen LogP contribution in [0.2, 0.25) is 0 Å². The summed E-state index contributed by atoms with van der Waals surface area (Å²) in [7, 11) is 0. The van der Waals surface area contributed by atoms with Crippen molar-refractivity contribution in [3.8, 4) is 0 Å². The number of amides is 1. The Morgan fingerprint density at radius 3 is 2.00 bits per heavy atom. The molecule has 0 saturated carbocycles. The number of hydrogen-bond acceptors (Lipinski definition) is 3. The van der Waals surface area contributed by atoms with Crippen molar-refractivity contribution in [2.45, 2.75) is 0 Å². The first-order valence-corrected chi connectivity index (χ1v) is 3.01. The fourth-order valence-electron chi connectivity index (χ4n) is 0.855. The highest BCUT2D eigenvalue weighted by Crippen LogP contribution is 1.93. The molecule has 1 rings (SSSR count). The van der Waals surface area contributed by atoms with Crippen LogP contribution in [0.5, 0.6) is 0 Å². The summed E-state index contributed by atoms with van der Waals surface area (Å²) in [4.78, 5) is 10.5. The van der Waals surface area contributed by atoms with E-state index in [0.29, 0.717) is 13.1 Å². The first-order valence-electron chi connectivity index (χ1n) is 3.01. The lowest BCUT2D eigenvalue weighted by Crippen LogP contribution is -2.48. The molecule has 0 atom stereocenters. The van der Waals surface area contributed by atoms with Crippen molar-refractivity contribution in [3.05, 3.63) is 0 Å². The minimum atomic E-state index is -0.227. The Morgan fingerprint density at radius 1 is 1.27 bits per heavy atom. The third-order valence-electron chi connectivity index (χ3n) is 1.43. The van der Waals surface area contributed by atoms with Gasteiger partial charge in [-0.2, -0.15) is 0 Å². The normalized spacial score (nSPS) is 17.8. The van der Waals surface area contributed by atoms with E-state index < -0.39 is 0 Å². The Morgan fingerprint density at radius 2 is 1.73 bits per heavy atom. The van der Waals surface area contributed by atoms with Crippen molar-refractivity contribution < 1.29 is 4.79 Å². The van der Waals surface area contributed by atoms with Crippen molar-refractivity contribution in [1.29, 1.82) is 0 Å². The fourth-order valence-corrected chi connectivity index (χ4v) is 0.855. The van der Waals surface area contributed by atoms with Gasteiger partial charge in [-0.05, 0) is 0 Å². The summed E-state index contributed by atoms with van der Waals surface area (Å²) in [6.07, 6.45) is 0. The van der Waals surface area contributed by atoms with Crippen molar-refractivity contribution in [1.82, 2.24) is 10.6 Å². The molecule has 1 fully saturated rings. The number of nitrogens with two attached hydrogens (primary N) is 1. The van der Waals surface area contributed by atoms with Crippen LogP contribution in [0.3, 0.4) is 0 Å². The molecule has 0 aromatic rings. The molecule has 11 heavy (non-hydrogen) atoms. The number of primary amides is 1. The van der Waals surface area contributed by atoms with Crippen LogP contribution in [-0.4, -0.2) is 25.7 Å². The quantitative estimate of drug-likeness (QED) is 0.515. The number of nitrogens with one attached hydrogen (secondary N) is 2. The molecular formula is C5H13Cl2N3O. The monoisotopic (exact) mass is 201 g/mol. The van der Waals surface area contributed by atoms with E-state index in [9.17, 15) is 4.79 Å². The van der Waals surface area contributed by atoms with Gasteiger partial charge < -0.3 is 16.4 Å². The minimum absolute atomic E-state index is 0. The molecule has 1 saturated heterocycles. The standard InChI is InChI=1S/C5H11N3O.2ClH/c6-5(9)4-1-7-3-8-2-4;;/h4,7-8H,1-3H2,(H2,6,9);2*1H. The van der Waals surface area contributed by atoms with Crippen LogP contribution in [0.4, 0.5) is 0 Å². The van der Waals surface area contributed by atoms with E-state index in [1.807, 2.05) is 0 Å². The van der Waals surface area contributed by atoms with Gasteiger partial charge in [-0.1, -0.05) is 0 Å². The van der Waals surface area contributed by atoms with Crippen LogP contribution in [0.1, 0.15) is 0 Å². The van der Waals surface area contributed by atoms with Crippen LogP contribution >= 0.6 is 24.8 Å². The summed E-state index contributed by atoms with van der Waals surface area (Å²) in [6, 6.07) is 0. The second-order valence-electron chi connectivity index (χ2n) is 2.18. The molecular weight excluding hydrogens is 189 g/mol. The van der Waals surface area contributed by atoms with Gasteiger partial charge in [0.05, 0.1) is 5.92 Å². The zero-order valence-electron chi connectivity index (χ0n) is 6.00. The average Bonchev–Trinajstić information content (AvgIpc) is 1.90. The smallest absolute Gasteiger partial charge is 0.223 e. The molecule has 0 unspecified atom stereocenters. The molecule has 0 radical (unpaired) electrons. The van der Waals surface area contributed by atoms with E-state index in [0.717, 1.165) is 6.67 Å². The predicted molar refractivity (Wildman–Crippen MR) is 48.1 cm³/mol. The van der Waals surface area contributed by atoms with Gasteiger partial charge in [0.15, 0.2) is 0 Å². The Bertz CT molecular complexity index is 116. The predicted octanol–water partition coefficient (Wildman–Crippen LogP) is -0.918. The highest BCUT2D eigenvalue weighted by Gasteiger charge is 2.16. The summed E-state index contributed by atoms with van der Waals surface area (Å²) in [5.41, 5.74) is 5.05. The van der Waals surface area contributed by atoms with Crippen molar-refractivity contribution in [2.75, 3.05) is 19.8 Å². The molecule has 0 aromatic heterocycles. The molecule has 6 heteroatoms. The third kappa shape index (κ3) is 4.42. The number of carbonyl (C=O) groups excluding carboxylic acids is 1. The van der Waals surface area contributed by atoms with E-state index >= 15 is 0 Å². The van der Waals surface area contributed by atoms with Gasteiger partial charge in [-0.3, -0.25) is 4.79 Å². The van der Waals surface area contributed by atoms with Crippen molar-refractivity contribution >= 4 is 30.7 Å². The lowest BCUT2D eigenvalue weighted by atomic mass is 10.1. The highest BCUT2D eigenvalue weighted by molar-refractivity contribution is 5.85. The lowest BCUT2D eigenvalue weighted by molar-refractivity contribution is -0.121. The van der Waals surface area contributed by atoms with Gasteiger partial charge in [0.1, 0.15) is 0 Å². The zero-order valence-corrected chi connectivity index (χ0v) is 7.63. The molecule has 4 nitrogen and oxygen atoms in total. The van der Waals surface area contributed by atoms with E-state index in [1.54, 1.807) is 0 Å². The fraction of sp³-hybridized carbons (Fsp3) is 0.800. The summed E-state index contributed by atoms with van der Waals surface area (Å²) in [6.45, 7) is 2.20. The van der Waals surface area contributed by atoms with Crippen LogP contribution in [0, 0.1) is 5.92 Å². The molecule has 1 aliphatic rings. The molecule has 68 valence electrons. The summed E-state index contributed by atoms with van der Waals surface area (Å²) < 4.78 is 0. The molecule has 0 bridgehead atoms. The Kier molecular flexibility index (Phi) is 8.21. The number of hydrogen-bond donors (Lipinski definition) is 3. The van der Waals surface area contributed by atoms with Crippen LogP contribution in [0.25, 0.3) is 0 Å². The number of rotatable bonds is 1. The Labute approximate surface area is 78.1 Å². The molecule has 1 aliphatic heterocycles. The zero-order chi connectivity index (χ0) is 6.69. The van der Waals surface area contributed by atoms with Crippen LogP contribution < -0.4 is 16.4 Å². The topological polar surface area (TPSA) is 67.2 Å². The van der Waals surface area contributed by atoms with Gasteiger partial charge >= 0.3 is 0 Å². The maximum absolute atomic E-state index is 10.5. The second kappa shape index (κ2) is 6.67. The first kappa shape index (κ1) is 13.6. The molecule has 1 amide bonds. The van der Waals surface area contributed by atoms with Gasteiger partial charge in [0.2, 0.25) is 5.91 Å². The van der Waals surface area contributed by atoms with Gasteiger partial charge in [0.25, 0.3) is 0 Å². The first-order chi connectivity index (χ1) is 4.30. The number of halogens is 2. The summed E-state index contributed by atoms with van der Waals surface area (Å²) in [5.74, 6) is -0.256. The van der Waals surface area contributed by atoms with Crippen LogP contribution in [-0.2, 0) is 4.79 Å². The highest BCUT2D eigenvalue weighted by atomic mass is 35.5. The van der Waals surface area contributed by atoms with E-state index in [4.69, 9.17) is 5.73 Å². The molecule has 1 heterocycles. The van der Waals surface area contributed by atoms with Gasteiger partial charge in [-0.25, -0.2) is 0 Å². The average molecular weight is 202 g/mol. The maximum Gasteiger partial charge on any atom is 0.223 e. The van der Waals surface area contributed by atoms with Gasteiger partial charge in [0, 0.05) is 19.8 Å². The second-order valence-corrected chi connectivity index (χ2v) is 2.18. The van der Waals surface area contributed by atoms with E-state index in [2.05, 4.69) is 10.6 Å². The lowest BCUT2D eigenvalue weighted by Gasteiger charge is -2.20. The molecule has 0 aliphatic carbocycles. The van der Waals surface area contributed by atoms with Crippen molar-refractivity contribution in [3.63, 3.8) is 0 Å². The van der Waals surface area contributed by atoms with E-state index in [-0.39, 0.29) is 36.6 Å². The van der Waals surface area contributed by atoms with Crippen molar-refractivity contribution in [2.24, 2.45) is 11.7 Å². The maximum atomic E-state index is 10.5. The summed E-state index contributed by atoms with van der Waals surface area (Å²) >= 11 is 0. The number of carbonyl (C=O) groups is 1. The Hall–Kier alpha value is -0.0300. The molecule has 4 N–H and O–H groups in total. The molecule has 0 spiro atoms. The SMILES string of the molecule is Cl.Cl.NC(=O)C1CNCNC1.